The molecular formula is C25H30N2O4. The van der Waals surface area contributed by atoms with Crippen molar-refractivity contribution in [3.8, 4) is 5.75 Å². The molecule has 164 valence electrons. The molecule has 2 aliphatic rings. The van der Waals surface area contributed by atoms with Crippen LogP contribution in [0, 0.1) is 12.8 Å². The predicted molar refractivity (Wildman–Crippen MR) is 118 cm³/mol. The highest BCUT2D eigenvalue weighted by Crippen LogP contribution is 2.21. The van der Waals surface area contributed by atoms with Gasteiger partial charge in [0.05, 0.1) is 19.8 Å². The third-order valence-electron chi connectivity index (χ3n) is 5.99. The number of nitrogens with zero attached hydrogens (tertiary/aromatic N) is 2. The Morgan fingerprint density at radius 1 is 0.903 bits per heavy atom. The fourth-order valence-corrected chi connectivity index (χ4v) is 4.12. The van der Waals surface area contributed by atoms with E-state index in [1.165, 1.54) is 0 Å². The van der Waals surface area contributed by atoms with Gasteiger partial charge < -0.3 is 19.3 Å². The quantitative estimate of drug-likeness (QED) is 0.741. The van der Waals surface area contributed by atoms with Gasteiger partial charge in [-0.3, -0.25) is 9.59 Å². The zero-order valence-electron chi connectivity index (χ0n) is 18.1. The van der Waals surface area contributed by atoms with Crippen LogP contribution in [0.25, 0.3) is 0 Å². The number of piperidine rings is 1. The van der Waals surface area contributed by atoms with Gasteiger partial charge in [0.15, 0.2) is 0 Å². The van der Waals surface area contributed by atoms with Gasteiger partial charge in [-0.2, -0.15) is 0 Å². The summed E-state index contributed by atoms with van der Waals surface area (Å²) in [5.41, 5.74) is 2.56. The molecule has 0 spiro atoms. The van der Waals surface area contributed by atoms with Crippen molar-refractivity contribution in [2.24, 2.45) is 5.92 Å². The number of rotatable bonds is 5. The average Bonchev–Trinajstić information content (AvgIpc) is 2.83. The third-order valence-corrected chi connectivity index (χ3v) is 5.99. The molecule has 6 nitrogen and oxygen atoms in total. The zero-order chi connectivity index (χ0) is 21.6. The van der Waals surface area contributed by atoms with Gasteiger partial charge in [-0.15, -0.1) is 0 Å². The van der Waals surface area contributed by atoms with Crippen molar-refractivity contribution in [1.29, 1.82) is 0 Å². The van der Waals surface area contributed by atoms with Crippen LogP contribution in [0.3, 0.4) is 0 Å². The molecule has 2 fully saturated rings. The number of hydrogen-bond acceptors (Lipinski definition) is 4. The number of benzene rings is 2. The fourth-order valence-electron chi connectivity index (χ4n) is 4.12. The van der Waals surface area contributed by atoms with Crippen LogP contribution in [0.2, 0.25) is 0 Å². The van der Waals surface area contributed by atoms with Crippen LogP contribution in [0.1, 0.15) is 39.1 Å². The van der Waals surface area contributed by atoms with E-state index in [9.17, 15) is 9.59 Å². The molecule has 31 heavy (non-hydrogen) atoms. The van der Waals surface area contributed by atoms with Crippen LogP contribution < -0.4 is 4.74 Å². The fraction of sp³-hybridized carbons (Fsp3) is 0.440. The van der Waals surface area contributed by atoms with Gasteiger partial charge in [-0.05, 0) is 56.2 Å². The maximum atomic E-state index is 12.8. The van der Waals surface area contributed by atoms with E-state index in [1.807, 2.05) is 65.3 Å². The number of aryl methyl sites for hydroxylation is 1. The minimum Gasteiger partial charge on any atom is -0.493 e. The molecule has 4 rings (SSSR count). The first kappa shape index (κ1) is 21.4. The second-order valence-electron chi connectivity index (χ2n) is 8.37. The van der Waals surface area contributed by atoms with Crippen LogP contribution in [0.4, 0.5) is 0 Å². The summed E-state index contributed by atoms with van der Waals surface area (Å²) in [6.45, 7) is 6.55. The van der Waals surface area contributed by atoms with Crippen LogP contribution >= 0.6 is 0 Å². The maximum Gasteiger partial charge on any atom is 0.254 e. The first-order valence-electron chi connectivity index (χ1n) is 11.1. The second kappa shape index (κ2) is 9.96. The summed E-state index contributed by atoms with van der Waals surface area (Å²) in [7, 11) is 0. The molecule has 0 saturated carbocycles. The number of carbonyl (C=O) groups is 2. The van der Waals surface area contributed by atoms with Crippen molar-refractivity contribution in [3.05, 3.63) is 65.2 Å². The lowest BCUT2D eigenvalue weighted by atomic mass is 9.98. The minimum absolute atomic E-state index is 0.0346. The molecule has 0 radical (unpaired) electrons. The Bertz CT molecular complexity index is 889. The summed E-state index contributed by atoms with van der Waals surface area (Å²) in [6.07, 6.45) is 2.03. The number of morpholine rings is 1. The summed E-state index contributed by atoms with van der Waals surface area (Å²) < 4.78 is 11.3. The number of likely N-dealkylation sites (tertiary alicyclic amines) is 1. The molecule has 1 unspecified atom stereocenters. The Kier molecular flexibility index (Phi) is 6.87. The maximum absolute atomic E-state index is 12.8. The average molecular weight is 423 g/mol. The highest BCUT2D eigenvalue weighted by atomic mass is 16.5. The molecule has 2 aromatic rings. The highest BCUT2D eigenvalue weighted by Gasteiger charge is 2.25. The topological polar surface area (TPSA) is 59.1 Å². The smallest absolute Gasteiger partial charge is 0.254 e. The standard InChI is InChI=1S/C25H30N2O4/c1-19-4-6-21(7-5-19)25(29)27-12-2-3-20(17-27)18-31-23-10-8-22(9-11-23)24(28)26-13-15-30-16-14-26/h4-11,20H,2-3,12-18H2,1H3. The number of hydrogen-bond donors (Lipinski definition) is 0. The molecule has 6 heteroatoms. The van der Waals surface area contributed by atoms with Crippen molar-refractivity contribution in [3.63, 3.8) is 0 Å². The third kappa shape index (κ3) is 5.44. The SMILES string of the molecule is Cc1ccc(C(=O)N2CCCC(COc3ccc(C(=O)N4CCOCC4)cc3)C2)cc1. The van der Waals surface area contributed by atoms with Crippen molar-refractivity contribution in [2.75, 3.05) is 46.0 Å². The largest absolute Gasteiger partial charge is 0.493 e. The lowest BCUT2D eigenvalue weighted by molar-refractivity contribution is 0.0303. The van der Waals surface area contributed by atoms with E-state index in [1.54, 1.807) is 0 Å². The van der Waals surface area contributed by atoms with Crippen molar-refractivity contribution >= 4 is 11.8 Å². The lowest BCUT2D eigenvalue weighted by Gasteiger charge is -2.32. The van der Waals surface area contributed by atoms with E-state index in [4.69, 9.17) is 9.47 Å². The number of amides is 2. The Balaban J connectivity index is 1.29. The monoisotopic (exact) mass is 422 g/mol. The molecule has 1 atom stereocenters. The van der Waals surface area contributed by atoms with E-state index >= 15 is 0 Å². The number of carbonyl (C=O) groups excluding carboxylic acids is 2. The van der Waals surface area contributed by atoms with Gasteiger partial charge in [-0.25, -0.2) is 0 Å². The Hall–Kier alpha value is -2.86. The summed E-state index contributed by atoms with van der Waals surface area (Å²) in [4.78, 5) is 29.1. The Morgan fingerprint density at radius 3 is 2.19 bits per heavy atom. The molecule has 2 aliphatic heterocycles. The van der Waals surface area contributed by atoms with Gasteiger partial charge in [0.1, 0.15) is 5.75 Å². The van der Waals surface area contributed by atoms with Crippen LogP contribution in [-0.4, -0.2) is 67.6 Å². The molecule has 0 aliphatic carbocycles. The van der Waals surface area contributed by atoms with Crippen LogP contribution in [0.5, 0.6) is 5.75 Å². The van der Waals surface area contributed by atoms with Crippen LogP contribution in [0.15, 0.2) is 48.5 Å². The second-order valence-corrected chi connectivity index (χ2v) is 8.37. The van der Waals surface area contributed by atoms with E-state index in [0.717, 1.165) is 36.3 Å². The summed E-state index contributed by atoms with van der Waals surface area (Å²) in [6, 6.07) is 15.1. The van der Waals surface area contributed by atoms with E-state index in [2.05, 4.69) is 0 Å². The molecule has 0 aromatic heterocycles. The van der Waals surface area contributed by atoms with Crippen molar-refractivity contribution in [1.82, 2.24) is 9.80 Å². The van der Waals surface area contributed by atoms with E-state index in [-0.39, 0.29) is 11.8 Å². The summed E-state index contributed by atoms with van der Waals surface area (Å²) in [5, 5.41) is 0. The number of ether oxygens (including phenoxy) is 2. The normalized spacial score (nSPS) is 19.2. The summed E-state index contributed by atoms with van der Waals surface area (Å²) >= 11 is 0. The van der Waals surface area contributed by atoms with Crippen molar-refractivity contribution in [2.45, 2.75) is 19.8 Å². The minimum atomic E-state index is 0.0346. The highest BCUT2D eigenvalue weighted by molar-refractivity contribution is 5.94. The lowest BCUT2D eigenvalue weighted by Crippen LogP contribution is -2.41. The van der Waals surface area contributed by atoms with Gasteiger partial charge in [0.25, 0.3) is 11.8 Å². The van der Waals surface area contributed by atoms with Gasteiger partial charge in [0, 0.05) is 43.2 Å². The molecule has 2 saturated heterocycles. The molecule has 2 aromatic carbocycles. The van der Waals surface area contributed by atoms with Crippen molar-refractivity contribution < 1.29 is 19.1 Å². The molecular weight excluding hydrogens is 392 g/mol. The van der Waals surface area contributed by atoms with Gasteiger partial charge >= 0.3 is 0 Å². The van der Waals surface area contributed by atoms with Gasteiger partial charge in [0.2, 0.25) is 0 Å². The molecule has 0 bridgehead atoms. The van der Waals surface area contributed by atoms with Crippen LogP contribution in [-0.2, 0) is 4.74 Å². The Morgan fingerprint density at radius 2 is 1.52 bits per heavy atom. The molecule has 2 heterocycles. The van der Waals surface area contributed by atoms with Gasteiger partial charge in [-0.1, -0.05) is 17.7 Å². The predicted octanol–water partition coefficient (Wildman–Crippen LogP) is 3.40. The Labute approximate surface area is 183 Å². The van der Waals surface area contributed by atoms with E-state index in [0.29, 0.717) is 50.9 Å². The zero-order valence-corrected chi connectivity index (χ0v) is 18.1. The summed E-state index contributed by atoms with van der Waals surface area (Å²) in [5.74, 6) is 1.18. The molecule has 0 N–H and O–H groups in total. The van der Waals surface area contributed by atoms with E-state index < -0.39 is 0 Å². The molecule has 2 amide bonds. The first-order chi connectivity index (χ1) is 15.1. The first-order valence-corrected chi connectivity index (χ1v) is 11.1.